The Balaban J connectivity index is 2.65. The molecule has 0 heterocycles. The largest absolute Gasteiger partial charge is 0.497 e. The van der Waals surface area contributed by atoms with Gasteiger partial charge in [-0.25, -0.2) is 0 Å². The minimum atomic E-state index is 0.776. The fourth-order valence-corrected chi connectivity index (χ4v) is 1.87. The smallest absolute Gasteiger partial charge is 0.126 e. The molecule has 2 nitrogen and oxygen atoms in total. The maximum Gasteiger partial charge on any atom is 0.126 e. The summed E-state index contributed by atoms with van der Waals surface area (Å²) in [5, 5.41) is 0. The summed E-state index contributed by atoms with van der Waals surface area (Å²) in [7, 11) is 3.28. The minimum Gasteiger partial charge on any atom is -0.497 e. The van der Waals surface area contributed by atoms with Gasteiger partial charge >= 0.3 is 0 Å². The van der Waals surface area contributed by atoms with Crippen molar-refractivity contribution in [2.75, 3.05) is 14.2 Å². The van der Waals surface area contributed by atoms with Crippen LogP contribution in [0.15, 0.2) is 42.5 Å². The van der Waals surface area contributed by atoms with Gasteiger partial charge in [-0.15, -0.1) is 6.42 Å². The lowest BCUT2D eigenvalue weighted by Gasteiger charge is -2.12. The number of rotatable bonds is 3. The topological polar surface area (TPSA) is 18.5 Å². The molecule has 0 aliphatic heterocycles. The van der Waals surface area contributed by atoms with Crippen molar-refractivity contribution in [1.82, 2.24) is 0 Å². The third-order valence-electron chi connectivity index (χ3n) is 2.78. The van der Waals surface area contributed by atoms with E-state index >= 15 is 0 Å². The molecule has 0 radical (unpaired) electrons. The first kappa shape index (κ1) is 12.1. The van der Waals surface area contributed by atoms with E-state index in [1.807, 2.05) is 42.5 Å². The summed E-state index contributed by atoms with van der Waals surface area (Å²) in [6.45, 7) is 0. The molecule has 2 rings (SSSR count). The molecule has 0 saturated heterocycles. The third-order valence-corrected chi connectivity index (χ3v) is 2.78. The predicted molar refractivity (Wildman–Crippen MR) is 72.9 cm³/mol. The van der Waals surface area contributed by atoms with Crippen molar-refractivity contribution in [1.29, 1.82) is 0 Å². The highest BCUT2D eigenvalue weighted by molar-refractivity contribution is 5.77. The van der Waals surface area contributed by atoms with Gasteiger partial charge in [0.15, 0.2) is 0 Å². The average molecular weight is 238 g/mol. The SMILES string of the molecule is C#Cc1ccccc1-c1cc(OC)ccc1OC. The van der Waals surface area contributed by atoms with Crippen LogP contribution in [0.25, 0.3) is 11.1 Å². The van der Waals surface area contributed by atoms with Crippen molar-refractivity contribution in [3.05, 3.63) is 48.0 Å². The van der Waals surface area contributed by atoms with Crippen LogP contribution in [-0.4, -0.2) is 14.2 Å². The molecule has 0 fully saturated rings. The molecule has 0 aromatic heterocycles. The van der Waals surface area contributed by atoms with Gasteiger partial charge in [0.25, 0.3) is 0 Å². The Labute approximate surface area is 107 Å². The van der Waals surface area contributed by atoms with Crippen LogP contribution in [0, 0.1) is 12.3 Å². The molecule has 0 spiro atoms. The second-order valence-electron chi connectivity index (χ2n) is 3.76. The summed E-state index contributed by atoms with van der Waals surface area (Å²) in [4.78, 5) is 0. The van der Waals surface area contributed by atoms with Crippen LogP contribution in [0.4, 0.5) is 0 Å². The number of benzene rings is 2. The highest BCUT2D eigenvalue weighted by atomic mass is 16.5. The first-order chi connectivity index (χ1) is 8.80. The maximum absolute atomic E-state index is 5.53. The van der Waals surface area contributed by atoms with Gasteiger partial charge in [0, 0.05) is 16.7 Å². The highest BCUT2D eigenvalue weighted by Crippen LogP contribution is 2.34. The van der Waals surface area contributed by atoms with Gasteiger partial charge in [0.2, 0.25) is 0 Å². The van der Waals surface area contributed by atoms with E-state index in [1.54, 1.807) is 14.2 Å². The van der Waals surface area contributed by atoms with Crippen LogP contribution in [0.5, 0.6) is 11.5 Å². The minimum absolute atomic E-state index is 0.776. The Morgan fingerprint density at radius 2 is 1.72 bits per heavy atom. The highest BCUT2D eigenvalue weighted by Gasteiger charge is 2.10. The zero-order chi connectivity index (χ0) is 13.0. The van der Waals surface area contributed by atoms with Gasteiger partial charge < -0.3 is 9.47 Å². The number of terminal acetylenes is 1. The quantitative estimate of drug-likeness (QED) is 0.763. The lowest BCUT2D eigenvalue weighted by molar-refractivity contribution is 0.404. The molecule has 0 N–H and O–H groups in total. The summed E-state index contributed by atoms with van der Waals surface area (Å²) in [6, 6.07) is 13.4. The van der Waals surface area contributed by atoms with Crippen LogP contribution in [0.2, 0.25) is 0 Å². The summed E-state index contributed by atoms with van der Waals surface area (Å²) in [6.07, 6.45) is 5.53. The Kier molecular flexibility index (Phi) is 3.54. The monoisotopic (exact) mass is 238 g/mol. The number of hydrogen-bond acceptors (Lipinski definition) is 2. The van der Waals surface area contributed by atoms with E-state index in [0.717, 1.165) is 28.2 Å². The van der Waals surface area contributed by atoms with Crippen molar-refractivity contribution in [3.8, 4) is 35.0 Å². The summed E-state index contributed by atoms with van der Waals surface area (Å²) in [5.41, 5.74) is 2.74. The molecular formula is C16H14O2. The van der Waals surface area contributed by atoms with E-state index < -0.39 is 0 Å². The zero-order valence-corrected chi connectivity index (χ0v) is 10.4. The molecule has 2 aromatic rings. The van der Waals surface area contributed by atoms with Gasteiger partial charge in [-0.2, -0.15) is 0 Å². The van der Waals surface area contributed by atoms with Crippen molar-refractivity contribution in [2.45, 2.75) is 0 Å². The Morgan fingerprint density at radius 3 is 2.39 bits per heavy atom. The van der Waals surface area contributed by atoms with Gasteiger partial charge in [0.1, 0.15) is 11.5 Å². The lowest BCUT2D eigenvalue weighted by Crippen LogP contribution is -1.92. The number of ether oxygens (including phenoxy) is 2. The van der Waals surface area contributed by atoms with E-state index in [1.165, 1.54) is 0 Å². The predicted octanol–water partition coefficient (Wildman–Crippen LogP) is 3.35. The summed E-state index contributed by atoms with van der Waals surface area (Å²) < 4.78 is 10.6. The second-order valence-corrected chi connectivity index (χ2v) is 3.76. The van der Waals surface area contributed by atoms with Crippen molar-refractivity contribution in [2.24, 2.45) is 0 Å². The van der Waals surface area contributed by atoms with Gasteiger partial charge in [-0.3, -0.25) is 0 Å². The lowest BCUT2D eigenvalue weighted by atomic mass is 9.99. The molecule has 0 aliphatic rings. The Hall–Kier alpha value is -2.40. The summed E-state index contributed by atoms with van der Waals surface area (Å²) >= 11 is 0. The molecule has 0 unspecified atom stereocenters. The number of methoxy groups -OCH3 is 2. The molecule has 90 valence electrons. The fourth-order valence-electron chi connectivity index (χ4n) is 1.87. The molecule has 0 saturated carbocycles. The van der Waals surface area contributed by atoms with E-state index in [-0.39, 0.29) is 0 Å². The Morgan fingerprint density at radius 1 is 0.944 bits per heavy atom. The average Bonchev–Trinajstić information content (AvgIpc) is 2.46. The van der Waals surface area contributed by atoms with Crippen molar-refractivity contribution < 1.29 is 9.47 Å². The molecule has 0 bridgehead atoms. The van der Waals surface area contributed by atoms with Gasteiger partial charge in [-0.1, -0.05) is 24.1 Å². The standard InChI is InChI=1S/C16H14O2/c1-4-12-7-5-6-8-14(12)15-11-13(17-2)9-10-16(15)18-3/h1,5-11H,2-3H3. The Bertz CT molecular complexity index is 594. The van der Waals surface area contributed by atoms with Crippen LogP contribution in [-0.2, 0) is 0 Å². The molecule has 18 heavy (non-hydrogen) atoms. The molecule has 0 atom stereocenters. The normalized spacial score (nSPS) is 9.61. The van der Waals surface area contributed by atoms with Crippen LogP contribution in [0.1, 0.15) is 5.56 Å². The van der Waals surface area contributed by atoms with Crippen LogP contribution >= 0.6 is 0 Å². The second kappa shape index (κ2) is 5.29. The first-order valence-electron chi connectivity index (χ1n) is 5.58. The first-order valence-corrected chi connectivity index (χ1v) is 5.58. The molecular weight excluding hydrogens is 224 g/mol. The van der Waals surface area contributed by atoms with E-state index in [9.17, 15) is 0 Å². The number of hydrogen-bond donors (Lipinski definition) is 0. The van der Waals surface area contributed by atoms with E-state index in [4.69, 9.17) is 15.9 Å². The maximum atomic E-state index is 5.53. The van der Waals surface area contributed by atoms with E-state index in [2.05, 4.69) is 5.92 Å². The van der Waals surface area contributed by atoms with Crippen molar-refractivity contribution in [3.63, 3.8) is 0 Å². The van der Waals surface area contributed by atoms with E-state index in [0.29, 0.717) is 0 Å². The van der Waals surface area contributed by atoms with Crippen molar-refractivity contribution >= 4 is 0 Å². The van der Waals surface area contributed by atoms with Crippen LogP contribution < -0.4 is 9.47 Å². The summed E-state index contributed by atoms with van der Waals surface area (Å²) in [5.74, 6) is 4.24. The molecule has 2 heteroatoms. The molecule has 2 aromatic carbocycles. The van der Waals surface area contributed by atoms with Gasteiger partial charge in [-0.05, 0) is 24.3 Å². The zero-order valence-electron chi connectivity index (χ0n) is 10.4. The van der Waals surface area contributed by atoms with Gasteiger partial charge in [0.05, 0.1) is 14.2 Å². The molecule has 0 amide bonds. The molecule has 0 aliphatic carbocycles. The third kappa shape index (κ3) is 2.16. The fraction of sp³-hybridized carbons (Fsp3) is 0.125. The van der Waals surface area contributed by atoms with Crippen LogP contribution in [0.3, 0.4) is 0 Å².